The van der Waals surface area contributed by atoms with Gasteiger partial charge in [0, 0.05) is 22.7 Å². The molecule has 4 aromatic carbocycles. The highest BCUT2D eigenvalue weighted by Crippen LogP contribution is 2.27. The highest BCUT2D eigenvalue weighted by molar-refractivity contribution is 6.30. The third kappa shape index (κ3) is 5.27. The summed E-state index contributed by atoms with van der Waals surface area (Å²) in [5, 5.41) is 19.4. The Labute approximate surface area is 218 Å². The van der Waals surface area contributed by atoms with Crippen molar-refractivity contribution in [3.05, 3.63) is 147 Å². The fourth-order valence-corrected chi connectivity index (χ4v) is 4.28. The Bertz CT molecular complexity index is 1510. The molecule has 7 nitrogen and oxygen atoms in total. The summed E-state index contributed by atoms with van der Waals surface area (Å²) < 4.78 is 1.53. The lowest BCUT2D eigenvalue weighted by Gasteiger charge is -2.20. The summed E-state index contributed by atoms with van der Waals surface area (Å²) in [6.07, 6.45) is 0. The number of rotatable bonds is 7. The summed E-state index contributed by atoms with van der Waals surface area (Å²) in [7, 11) is 0. The number of nitrogens with zero attached hydrogens (tertiary/aromatic N) is 3. The quantitative estimate of drug-likeness (QED) is 0.197. The van der Waals surface area contributed by atoms with Crippen LogP contribution in [0.5, 0.6) is 0 Å². The zero-order valence-electron chi connectivity index (χ0n) is 19.5. The summed E-state index contributed by atoms with van der Waals surface area (Å²) in [5.41, 5.74) is 3.90. The minimum Gasteiger partial charge on any atom is -0.340 e. The molecular weight excluding hydrogens is 488 g/mol. The van der Waals surface area contributed by atoms with Crippen molar-refractivity contribution in [2.45, 2.75) is 6.04 Å². The van der Waals surface area contributed by atoms with Gasteiger partial charge in [-0.05, 0) is 47.5 Å². The summed E-state index contributed by atoms with van der Waals surface area (Å²) in [6.45, 7) is 0. The topological polar surface area (TPSA) is 90.1 Å². The first-order valence-electron chi connectivity index (χ1n) is 11.5. The van der Waals surface area contributed by atoms with Crippen molar-refractivity contribution in [3.8, 4) is 16.9 Å². The minimum atomic E-state index is -0.458. The number of benzene rings is 4. The average molecular weight is 509 g/mol. The van der Waals surface area contributed by atoms with E-state index in [4.69, 9.17) is 11.6 Å². The Hall–Kier alpha value is -4.75. The third-order valence-electron chi connectivity index (χ3n) is 5.91. The molecule has 0 aliphatic heterocycles. The van der Waals surface area contributed by atoms with Gasteiger partial charge in [0.1, 0.15) is 5.69 Å². The number of nitro benzene ring substituents is 1. The molecule has 0 saturated carbocycles. The highest BCUT2D eigenvalue weighted by atomic mass is 35.5. The molecule has 5 aromatic rings. The molecule has 0 saturated heterocycles. The maximum atomic E-state index is 13.8. The van der Waals surface area contributed by atoms with Crippen molar-refractivity contribution >= 4 is 23.2 Å². The van der Waals surface area contributed by atoms with Crippen LogP contribution in [0.4, 0.5) is 5.69 Å². The van der Waals surface area contributed by atoms with Crippen LogP contribution in [0, 0.1) is 10.1 Å². The van der Waals surface area contributed by atoms with E-state index in [0.717, 1.165) is 11.1 Å². The predicted octanol–water partition coefficient (Wildman–Crippen LogP) is 6.62. The van der Waals surface area contributed by atoms with E-state index >= 15 is 0 Å². The van der Waals surface area contributed by atoms with Crippen molar-refractivity contribution in [1.82, 2.24) is 15.1 Å². The Morgan fingerprint density at radius 1 is 0.838 bits per heavy atom. The van der Waals surface area contributed by atoms with Crippen LogP contribution in [0.25, 0.3) is 16.9 Å². The van der Waals surface area contributed by atoms with Crippen LogP contribution in [-0.2, 0) is 0 Å². The number of aromatic nitrogens is 2. The van der Waals surface area contributed by atoms with Gasteiger partial charge >= 0.3 is 0 Å². The maximum Gasteiger partial charge on any atom is 0.270 e. The number of hydrogen-bond acceptors (Lipinski definition) is 4. The van der Waals surface area contributed by atoms with E-state index in [2.05, 4.69) is 10.4 Å². The molecule has 8 heteroatoms. The molecule has 0 aliphatic carbocycles. The van der Waals surface area contributed by atoms with Crippen LogP contribution in [0.2, 0.25) is 5.02 Å². The third-order valence-corrected chi connectivity index (χ3v) is 6.14. The summed E-state index contributed by atoms with van der Waals surface area (Å²) in [6, 6.07) is 33.8. The van der Waals surface area contributed by atoms with E-state index in [1.165, 1.54) is 16.8 Å². The number of non-ortho nitro benzene ring substituents is 1. The number of halogens is 1. The Kier molecular flexibility index (Phi) is 6.78. The fourth-order valence-electron chi connectivity index (χ4n) is 4.10. The van der Waals surface area contributed by atoms with Gasteiger partial charge in [-0.1, -0.05) is 78.3 Å². The molecule has 0 bridgehead atoms. The number of carbonyl (C=O) groups excluding carboxylic acids is 1. The van der Waals surface area contributed by atoms with Crippen molar-refractivity contribution < 1.29 is 9.72 Å². The second kappa shape index (κ2) is 10.5. The average Bonchev–Trinajstić information content (AvgIpc) is 3.38. The standard InChI is InChI=1S/C29H21ClN4O3/c30-23-12-7-13-25(18-23)33-27(19-26(32-33)20-14-16-24(17-15-20)34(36)37)29(35)31-28(21-8-3-1-4-9-21)22-10-5-2-6-11-22/h1-19,28H,(H,31,35). The lowest BCUT2D eigenvalue weighted by atomic mass is 9.98. The second-order valence-electron chi connectivity index (χ2n) is 8.34. The van der Waals surface area contributed by atoms with E-state index in [0.29, 0.717) is 27.7 Å². The molecule has 1 amide bonds. The normalized spacial score (nSPS) is 10.9. The first-order chi connectivity index (χ1) is 18.0. The van der Waals surface area contributed by atoms with Gasteiger partial charge in [-0.2, -0.15) is 5.10 Å². The molecule has 0 spiro atoms. The zero-order valence-corrected chi connectivity index (χ0v) is 20.2. The molecule has 0 atom stereocenters. The van der Waals surface area contributed by atoms with Gasteiger partial charge in [-0.3, -0.25) is 14.9 Å². The lowest BCUT2D eigenvalue weighted by molar-refractivity contribution is -0.384. The largest absolute Gasteiger partial charge is 0.340 e. The molecule has 1 heterocycles. The maximum absolute atomic E-state index is 13.8. The molecule has 1 aromatic heterocycles. The second-order valence-corrected chi connectivity index (χ2v) is 8.77. The van der Waals surface area contributed by atoms with Gasteiger partial charge in [0.15, 0.2) is 0 Å². The molecule has 0 radical (unpaired) electrons. The molecule has 1 N–H and O–H groups in total. The van der Waals surface area contributed by atoms with Crippen LogP contribution < -0.4 is 5.32 Å². The van der Waals surface area contributed by atoms with Gasteiger partial charge in [-0.15, -0.1) is 0 Å². The molecule has 182 valence electrons. The van der Waals surface area contributed by atoms with Gasteiger partial charge in [0.2, 0.25) is 0 Å². The first-order valence-corrected chi connectivity index (χ1v) is 11.9. The fraction of sp³-hybridized carbons (Fsp3) is 0.0345. The van der Waals surface area contributed by atoms with Gasteiger partial charge in [-0.25, -0.2) is 4.68 Å². The van der Waals surface area contributed by atoms with Crippen LogP contribution >= 0.6 is 11.6 Å². The monoisotopic (exact) mass is 508 g/mol. The molecule has 0 fully saturated rings. The summed E-state index contributed by atoms with van der Waals surface area (Å²) in [4.78, 5) is 24.4. The molecule has 37 heavy (non-hydrogen) atoms. The summed E-state index contributed by atoms with van der Waals surface area (Å²) in [5.74, 6) is -0.335. The van der Waals surface area contributed by atoms with E-state index in [-0.39, 0.29) is 17.6 Å². The number of amides is 1. The Balaban J connectivity index is 1.57. The van der Waals surface area contributed by atoms with Crippen LogP contribution in [0.1, 0.15) is 27.7 Å². The molecule has 5 rings (SSSR count). The SMILES string of the molecule is O=C(NC(c1ccccc1)c1ccccc1)c1cc(-c2ccc([N+](=O)[O-])cc2)nn1-c1cccc(Cl)c1. The van der Waals surface area contributed by atoms with Gasteiger partial charge in [0.05, 0.1) is 22.3 Å². The Morgan fingerprint density at radius 3 is 2.03 bits per heavy atom. The van der Waals surface area contributed by atoms with Crippen LogP contribution in [0.3, 0.4) is 0 Å². The number of nitro groups is 1. The summed E-state index contributed by atoms with van der Waals surface area (Å²) >= 11 is 6.24. The number of nitrogens with one attached hydrogen (secondary N) is 1. The van der Waals surface area contributed by atoms with Crippen molar-refractivity contribution in [3.63, 3.8) is 0 Å². The minimum absolute atomic E-state index is 0.0236. The highest BCUT2D eigenvalue weighted by Gasteiger charge is 2.23. The van der Waals surface area contributed by atoms with Gasteiger partial charge < -0.3 is 5.32 Å². The smallest absolute Gasteiger partial charge is 0.270 e. The first kappa shape index (κ1) is 24.0. The zero-order chi connectivity index (χ0) is 25.8. The van der Waals surface area contributed by atoms with Crippen LogP contribution in [-0.4, -0.2) is 20.6 Å². The van der Waals surface area contributed by atoms with Crippen molar-refractivity contribution in [2.75, 3.05) is 0 Å². The molecular formula is C29H21ClN4O3. The molecule has 0 aliphatic rings. The van der Waals surface area contributed by atoms with Crippen molar-refractivity contribution in [2.24, 2.45) is 0 Å². The van der Waals surface area contributed by atoms with E-state index < -0.39 is 4.92 Å². The van der Waals surface area contributed by atoms with E-state index in [9.17, 15) is 14.9 Å². The predicted molar refractivity (Wildman–Crippen MR) is 143 cm³/mol. The van der Waals surface area contributed by atoms with Crippen molar-refractivity contribution in [1.29, 1.82) is 0 Å². The number of hydrogen-bond donors (Lipinski definition) is 1. The lowest BCUT2D eigenvalue weighted by Crippen LogP contribution is -2.31. The molecule has 0 unspecified atom stereocenters. The van der Waals surface area contributed by atoms with Crippen LogP contribution in [0.15, 0.2) is 115 Å². The Morgan fingerprint density at radius 2 is 1.46 bits per heavy atom. The number of carbonyl (C=O) groups is 1. The van der Waals surface area contributed by atoms with Gasteiger partial charge in [0.25, 0.3) is 11.6 Å². The van der Waals surface area contributed by atoms with E-state index in [1.807, 2.05) is 60.7 Å². The van der Waals surface area contributed by atoms with E-state index in [1.54, 1.807) is 42.5 Å².